The van der Waals surface area contributed by atoms with Crippen LogP contribution in [0.15, 0.2) is 53.4 Å². The summed E-state index contributed by atoms with van der Waals surface area (Å²) in [6, 6.07) is 9.16. The number of pyridine rings is 1. The smallest absolute Gasteiger partial charge is 0.416 e. The molecular formula is C20H21F3N2O3S. The molecule has 9 heteroatoms. The van der Waals surface area contributed by atoms with E-state index < -0.39 is 28.7 Å². The average molecular weight is 426 g/mol. The molecular weight excluding hydrogens is 405 g/mol. The summed E-state index contributed by atoms with van der Waals surface area (Å²) in [7, 11) is -1.72. The van der Waals surface area contributed by atoms with Crippen molar-refractivity contribution in [1.82, 2.24) is 9.29 Å². The molecule has 2 aromatic rings. The lowest BCUT2D eigenvalue weighted by atomic mass is 10.1. The summed E-state index contributed by atoms with van der Waals surface area (Å²) < 4.78 is 52.7. The monoisotopic (exact) mass is 426 g/mol. The van der Waals surface area contributed by atoms with Crippen LogP contribution < -0.4 is 0 Å². The maximum absolute atomic E-state index is 12.8. The van der Waals surface area contributed by atoms with Gasteiger partial charge in [0.2, 0.25) is 0 Å². The number of halogens is 3. The van der Waals surface area contributed by atoms with Crippen LogP contribution >= 0.6 is 0 Å². The van der Waals surface area contributed by atoms with Crippen molar-refractivity contribution in [1.29, 1.82) is 0 Å². The van der Waals surface area contributed by atoms with Crippen LogP contribution in [0, 0.1) is 0 Å². The maximum atomic E-state index is 12.8. The molecule has 0 radical (unpaired) electrons. The molecule has 0 bridgehead atoms. The first kappa shape index (κ1) is 22.8. The van der Waals surface area contributed by atoms with Gasteiger partial charge in [-0.3, -0.25) is 0 Å². The van der Waals surface area contributed by atoms with Crippen LogP contribution in [0.25, 0.3) is 5.57 Å². The van der Waals surface area contributed by atoms with Gasteiger partial charge >= 0.3 is 12.1 Å². The van der Waals surface area contributed by atoms with Gasteiger partial charge < -0.3 is 5.11 Å². The minimum Gasteiger partial charge on any atom is -0.477 e. The zero-order valence-corrected chi connectivity index (χ0v) is 16.8. The van der Waals surface area contributed by atoms with Crippen molar-refractivity contribution in [3.05, 3.63) is 65.5 Å². The van der Waals surface area contributed by atoms with Crippen molar-refractivity contribution in [2.45, 2.75) is 31.3 Å². The molecule has 1 aliphatic heterocycles. The highest BCUT2D eigenvalue weighted by atomic mass is 32.2. The van der Waals surface area contributed by atoms with E-state index in [1.807, 2.05) is 13.8 Å². The van der Waals surface area contributed by atoms with Crippen molar-refractivity contribution in [2.24, 2.45) is 0 Å². The molecule has 156 valence electrons. The number of carboxylic acids is 1. The number of nitrogens with zero attached hydrogens (tertiary/aromatic N) is 2. The van der Waals surface area contributed by atoms with Gasteiger partial charge in [0, 0.05) is 13.1 Å². The van der Waals surface area contributed by atoms with Crippen molar-refractivity contribution >= 4 is 22.5 Å². The Hall–Kier alpha value is -2.52. The summed E-state index contributed by atoms with van der Waals surface area (Å²) in [5, 5.41) is 9.02. The number of aromatic carboxylic acids is 1. The van der Waals surface area contributed by atoms with Crippen molar-refractivity contribution in [2.75, 3.05) is 13.1 Å². The number of carbonyl (C=O) groups is 1. The van der Waals surface area contributed by atoms with Gasteiger partial charge in [0.25, 0.3) is 0 Å². The highest BCUT2D eigenvalue weighted by Gasteiger charge is 2.31. The first-order valence-electron chi connectivity index (χ1n) is 8.99. The molecule has 29 heavy (non-hydrogen) atoms. The van der Waals surface area contributed by atoms with Crippen LogP contribution in [0.3, 0.4) is 0 Å². The minimum atomic E-state index is -4.49. The normalized spacial score (nSPS) is 15.7. The first-order chi connectivity index (χ1) is 13.8. The van der Waals surface area contributed by atoms with Gasteiger partial charge in [-0.2, -0.15) is 13.2 Å². The van der Waals surface area contributed by atoms with Crippen LogP contribution in [0.5, 0.6) is 0 Å². The molecule has 0 aliphatic carbocycles. The van der Waals surface area contributed by atoms with Gasteiger partial charge in [-0.1, -0.05) is 32.1 Å². The zero-order chi connectivity index (χ0) is 21.6. The molecule has 0 fully saturated rings. The topological polar surface area (TPSA) is 70.5 Å². The number of benzene rings is 1. The second-order valence-corrected chi connectivity index (χ2v) is 7.34. The minimum absolute atomic E-state index is 0.0663. The van der Waals surface area contributed by atoms with E-state index in [1.54, 1.807) is 22.5 Å². The molecule has 0 spiro atoms. The van der Waals surface area contributed by atoms with Gasteiger partial charge in [-0.15, -0.1) is 0 Å². The van der Waals surface area contributed by atoms with E-state index in [9.17, 15) is 22.2 Å². The average Bonchev–Trinajstić information content (AvgIpc) is 2.74. The van der Waals surface area contributed by atoms with E-state index >= 15 is 0 Å². The van der Waals surface area contributed by atoms with Gasteiger partial charge in [0.05, 0.1) is 16.2 Å². The summed E-state index contributed by atoms with van der Waals surface area (Å²) in [5.74, 6) is -1.12. The largest absolute Gasteiger partial charge is 0.477 e. The molecule has 0 saturated carbocycles. The molecule has 0 saturated heterocycles. The van der Waals surface area contributed by atoms with Crippen LogP contribution in [0.1, 0.15) is 42.0 Å². The predicted molar refractivity (Wildman–Crippen MR) is 105 cm³/mol. The molecule has 1 aromatic heterocycles. The van der Waals surface area contributed by atoms with Gasteiger partial charge in [0.1, 0.15) is 16.7 Å². The molecule has 2 heterocycles. The van der Waals surface area contributed by atoms with E-state index in [4.69, 9.17) is 5.11 Å². The Morgan fingerprint density at radius 2 is 1.86 bits per heavy atom. The SMILES string of the molecule is CC.O=C(O)c1cccc(C2=CCN(S(=O)c3cccc(C(F)(F)F)c3)CC2)n1. The fourth-order valence-corrected chi connectivity index (χ4v) is 3.88. The second-order valence-electron chi connectivity index (χ2n) is 5.86. The number of rotatable bonds is 4. The third-order valence-corrected chi connectivity index (χ3v) is 5.52. The highest BCUT2D eigenvalue weighted by molar-refractivity contribution is 7.82. The highest BCUT2D eigenvalue weighted by Crippen LogP contribution is 2.31. The Bertz CT molecular complexity index is 929. The third-order valence-electron chi connectivity index (χ3n) is 4.07. The Labute approximate surface area is 169 Å². The van der Waals surface area contributed by atoms with Gasteiger partial charge in [-0.05, 0) is 42.3 Å². The molecule has 1 aromatic carbocycles. The lowest BCUT2D eigenvalue weighted by molar-refractivity contribution is -0.137. The van der Waals surface area contributed by atoms with Gasteiger partial charge in [-0.25, -0.2) is 18.3 Å². The van der Waals surface area contributed by atoms with E-state index in [2.05, 4.69) is 4.98 Å². The van der Waals surface area contributed by atoms with E-state index in [0.717, 1.165) is 17.7 Å². The van der Waals surface area contributed by atoms with E-state index in [1.165, 1.54) is 18.2 Å². The van der Waals surface area contributed by atoms with Crippen molar-refractivity contribution in [3.8, 4) is 0 Å². The van der Waals surface area contributed by atoms with Crippen LogP contribution in [0.4, 0.5) is 13.2 Å². The standard InChI is InChI=1S/C18H15F3N2O3S.C2H6/c19-18(20,21)13-3-1-4-14(11-13)27(26)23-9-7-12(8-10-23)15-5-2-6-16(22-15)17(24)25;1-2/h1-7,11H,8-10H2,(H,24,25);1-2H3. The van der Waals surface area contributed by atoms with Crippen molar-refractivity contribution < 1.29 is 27.3 Å². The van der Waals surface area contributed by atoms with Crippen LogP contribution in [-0.2, 0) is 17.2 Å². The predicted octanol–water partition coefficient (Wildman–Crippen LogP) is 4.64. The summed E-state index contributed by atoms with van der Waals surface area (Å²) in [5.41, 5.74) is 0.439. The molecule has 5 nitrogen and oxygen atoms in total. The molecule has 1 unspecified atom stereocenters. The summed E-state index contributed by atoms with van der Waals surface area (Å²) in [6.07, 6.45) is -2.26. The Kier molecular flexibility index (Phi) is 7.69. The van der Waals surface area contributed by atoms with E-state index in [0.29, 0.717) is 18.7 Å². The molecule has 1 N–H and O–H groups in total. The quantitative estimate of drug-likeness (QED) is 0.774. The third kappa shape index (κ3) is 5.74. The molecule has 3 rings (SSSR count). The first-order valence-corrected chi connectivity index (χ1v) is 10.1. The summed E-state index contributed by atoms with van der Waals surface area (Å²) in [6.45, 7) is 4.62. The number of carboxylic acid groups (broad SMARTS) is 1. The Balaban J connectivity index is 0.00000145. The summed E-state index contributed by atoms with van der Waals surface area (Å²) >= 11 is 0. The number of alkyl halides is 3. The lowest BCUT2D eigenvalue weighted by Gasteiger charge is -2.25. The number of aromatic nitrogens is 1. The molecule has 1 atom stereocenters. The van der Waals surface area contributed by atoms with Gasteiger partial charge in [0.15, 0.2) is 0 Å². The lowest BCUT2D eigenvalue weighted by Crippen LogP contribution is -2.30. The Morgan fingerprint density at radius 1 is 1.17 bits per heavy atom. The van der Waals surface area contributed by atoms with Crippen molar-refractivity contribution in [3.63, 3.8) is 0 Å². The zero-order valence-electron chi connectivity index (χ0n) is 15.9. The van der Waals surface area contributed by atoms with E-state index in [-0.39, 0.29) is 17.1 Å². The summed E-state index contributed by atoms with van der Waals surface area (Å²) in [4.78, 5) is 15.2. The van der Waals surface area contributed by atoms with Crippen LogP contribution in [0.2, 0.25) is 0 Å². The number of hydrogen-bond donors (Lipinski definition) is 1. The fraction of sp³-hybridized carbons (Fsp3) is 0.300. The second kappa shape index (κ2) is 9.80. The Morgan fingerprint density at radius 3 is 2.45 bits per heavy atom. The fourth-order valence-electron chi connectivity index (χ4n) is 2.70. The number of hydrogen-bond acceptors (Lipinski definition) is 3. The molecule has 0 amide bonds. The maximum Gasteiger partial charge on any atom is 0.416 e. The molecule has 1 aliphatic rings. The van der Waals surface area contributed by atoms with Crippen LogP contribution in [-0.4, -0.2) is 37.7 Å².